The molecule has 0 saturated heterocycles. The third-order valence-electron chi connectivity index (χ3n) is 5.26. The number of hydrogen-bond donors (Lipinski definition) is 1. The van der Waals surface area contributed by atoms with Crippen LogP contribution >= 0.6 is 0 Å². The van der Waals surface area contributed by atoms with E-state index in [1.165, 1.54) is 11.6 Å². The Balaban J connectivity index is 1.70. The molecule has 2 aromatic carbocycles. The van der Waals surface area contributed by atoms with E-state index in [2.05, 4.69) is 41.4 Å². The number of ether oxygens (including phenoxy) is 3. The molecule has 6 nitrogen and oxygen atoms in total. The van der Waals surface area contributed by atoms with E-state index in [4.69, 9.17) is 14.2 Å². The average Bonchev–Trinajstić information content (AvgIpc) is 2.83. The maximum Gasteiger partial charge on any atom is 0.243 e. The van der Waals surface area contributed by atoms with Gasteiger partial charge in [0.2, 0.25) is 11.7 Å². The minimum Gasteiger partial charge on any atom is -0.493 e. The molecule has 0 aromatic heterocycles. The summed E-state index contributed by atoms with van der Waals surface area (Å²) in [4.78, 5) is 14.6. The first-order valence-electron chi connectivity index (χ1n) is 11.1. The van der Waals surface area contributed by atoms with Gasteiger partial charge in [-0.2, -0.15) is 0 Å². The molecule has 0 spiro atoms. The van der Waals surface area contributed by atoms with Crippen molar-refractivity contribution < 1.29 is 19.0 Å². The van der Waals surface area contributed by atoms with Crippen LogP contribution in [-0.4, -0.2) is 51.8 Å². The summed E-state index contributed by atoms with van der Waals surface area (Å²) < 4.78 is 16.0. The van der Waals surface area contributed by atoms with Crippen LogP contribution in [0.15, 0.2) is 48.5 Å². The number of carbonyl (C=O) groups is 1. The van der Waals surface area contributed by atoms with E-state index in [0.717, 1.165) is 44.5 Å². The fourth-order valence-corrected chi connectivity index (χ4v) is 3.47. The molecule has 0 aliphatic heterocycles. The Bertz CT molecular complexity index is 827. The van der Waals surface area contributed by atoms with Crippen LogP contribution in [0.4, 0.5) is 0 Å². The summed E-state index contributed by atoms with van der Waals surface area (Å²) in [6, 6.07) is 14.2. The molecule has 0 saturated carbocycles. The van der Waals surface area contributed by atoms with E-state index in [1.54, 1.807) is 39.5 Å². The normalized spacial score (nSPS) is 11.0. The number of nitrogens with zero attached hydrogens (tertiary/aromatic N) is 1. The summed E-state index contributed by atoms with van der Waals surface area (Å²) in [6.07, 6.45) is 6.44. The van der Waals surface area contributed by atoms with E-state index in [-0.39, 0.29) is 5.91 Å². The van der Waals surface area contributed by atoms with E-state index >= 15 is 0 Å². The Hall–Kier alpha value is -2.99. The van der Waals surface area contributed by atoms with Crippen molar-refractivity contribution >= 4 is 12.0 Å². The van der Waals surface area contributed by atoms with E-state index in [9.17, 15) is 4.79 Å². The molecule has 2 rings (SSSR count). The lowest BCUT2D eigenvalue weighted by Crippen LogP contribution is -2.25. The molecule has 0 heterocycles. The van der Waals surface area contributed by atoms with Crippen LogP contribution in [0, 0.1) is 0 Å². The van der Waals surface area contributed by atoms with Crippen LogP contribution < -0.4 is 19.5 Å². The number of benzene rings is 2. The number of hydrogen-bond acceptors (Lipinski definition) is 5. The molecule has 0 radical (unpaired) electrons. The van der Waals surface area contributed by atoms with Crippen LogP contribution in [0.25, 0.3) is 6.08 Å². The molecule has 32 heavy (non-hydrogen) atoms. The highest BCUT2D eigenvalue weighted by atomic mass is 16.5. The van der Waals surface area contributed by atoms with Crippen molar-refractivity contribution in [1.29, 1.82) is 0 Å². The molecule has 0 atom stereocenters. The summed E-state index contributed by atoms with van der Waals surface area (Å²) in [7, 11) is 4.70. The summed E-state index contributed by atoms with van der Waals surface area (Å²) in [6.45, 7) is 5.96. The molecule has 0 aliphatic carbocycles. The Labute approximate surface area is 192 Å². The van der Waals surface area contributed by atoms with E-state index < -0.39 is 0 Å². The minimum absolute atomic E-state index is 0.113. The van der Waals surface area contributed by atoms with Crippen LogP contribution in [0.5, 0.6) is 17.2 Å². The highest BCUT2D eigenvalue weighted by Crippen LogP contribution is 2.38. The molecule has 2 aromatic rings. The second kappa shape index (κ2) is 14.1. The van der Waals surface area contributed by atoms with Crippen molar-refractivity contribution in [1.82, 2.24) is 10.2 Å². The Morgan fingerprint density at radius 1 is 0.969 bits per heavy atom. The SMILES string of the molecule is CCN(CCCCCNC(=O)/C=C/c1cc(OC)c(OC)c(OC)c1)Cc1ccccc1. The van der Waals surface area contributed by atoms with Gasteiger partial charge in [-0.3, -0.25) is 9.69 Å². The average molecular weight is 441 g/mol. The zero-order chi connectivity index (χ0) is 23.2. The fraction of sp³-hybridized carbons (Fsp3) is 0.423. The molecule has 0 fully saturated rings. The first-order chi connectivity index (χ1) is 15.6. The predicted octanol–water partition coefficient (Wildman–Crippen LogP) is 4.53. The fourth-order valence-electron chi connectivity index (χ4n) is 3.47. The predicted molar refractivity (Wildman–Crippen MR) is 129 cm³/mol. The van der Waals surface area contributed by atoms with Gasteiger partial charge in [0.05, 0.1) is 21.3 Å². The summed E-state index contributed by atoms with van der Waals surface area (Å²) in [5.41, 5.74) is 2.15. The zero-order valence-electron chi connectivity index (χ0n) is 19.7. The number of unbranched alkanes of at least 4 members (excludes halogenated alkanes) is 2. The molecule has 1 N–H and O–H groups in total. The Morgan fingerprint density at radius 3 is 2.25 bits per heavy atom. The molecule has 6 heteroatoms. The van der Waals surface area contributed by atoms with Gasteiger partial charge < -0.3 is 19.5 Å². The van der Waals surface area contributed by atoms with Crippen molar-refractivity contribution in [2.24, 2.45) is 0 Å². The molecular weight excluding hydrogens is 404 g/mol. The molecule has 0 unspecified atom stereocenters. The number of carbonyl (C=O) groups excluding carboxylic acids is 1. The van der Waals surface area contributed by atoms with Gasteiger partial charge in [-0.05, 0) is 55.3 Å². The van der Waals surface area contributed by atoms with Crippen molar-refractivity contribution in [2.75, 3.05) is 41.0 Å². The van der Waals surface area contributed by atoms with Crippen LogP contribution in [0.3, 0.4) is 0 Å². The minimum atomic E-state index is -0.113. The summed E-state index contributed by atoms with van der Waals surface area (Å²) >= 11 is 0. The first-order valence-corrected chi connectivity index (χ1v) is 11.1. The second-order valence-corrected chi connectivity index (χ2v) is 7.50. The van der Waals surface area contributed by atoms with Crippen LogP contribution in [0.1, 0.15) is 37.3 Å². The molecular formula is C26H36N2O4. The van der Waals surface area contributed by atoms with Gasteiger partial charge in [-0.1, -0.05) is 43.7 Å². The first kappa shape index (κ1) is 25.3. The Morgan fingerprint density at radius 2 is 1.66 bits per heavy atom. The lowest BCUT2D eigenvalue weighted by Gasteiger charge is -2.20. The van der Waals surface area contributed by atoms with Crippen molar-refractivity contribution in [3.05, 3.63) is 59.7 Å². The van der Waals surface area contributed by atoms with Crippen LogP contribution in [-0.2, 0) is 11.3 Å². The lowest BCUT2D eigenvalue weighted by atomic mass is 10.1. The lowest BCUT2D eigenvalue weighted by molar-refractivity contribution is -0.116. The van der Waals surface area contributed by atoms with E-state index in [0.29, 0.717) is 23.8 Å². The third kappa shape index (κ3) is 8.27. The molecule has 174 valence electrons. The summed E-state index contributed by atoms with van der Waals surface area (Å²) in [5, 5.41) is 2.95. The smallest absolute Gasteiger partial charge is 0.243 e. The number of nitrogens with one attached hydrogen (secondary N) is 1. The standard InChI is InChI=1S/C26H36N2O4/c1-5-28(20-21-12-8-6-9-13-21)17-11-7-10-16-27-25(29)15-14-22-18-23(30-2)26(32-4)24(19-22)31-3/h6,8-9,12-15,18-19H,5,7,10-11,16-17,20H2,1-4H3,(H,27,29)/b15-14+. The van der Waals surface area contributed by atoms with Gasteiger partial charge in [-0.15, -0.1) is 0 Å². The molecule has 0 bridgehead atoms. The summed E-state index contributed by atoms with van der Waals surface area (Å²) in [5.74, 6) is 1.53. The maximum absolute atomic E-state index is 12.1. The van der Waals surface area contributed by atoms with Crippen molar-refractivity contribution in [3.63, 3.8) is 0 Å². The van der Waals surface area contributed by atoms with Gasteiger partial charge in [0.1, 0.15) is 0 Å². The highest BCUT2D eigenvalue weighted by Gasteiger charge is 2.12. The van der Waals surface area contributed by atoms with E-state index in [1.807, 2.05) is 6.07 Å². The van der Waals surface area contributed by atoms with Crippen molar-refractivity contribution in [2.45, 2.75) is 32.7 Å². The topological polar surface area (TPSA) is 60.0 Å². The second-order valence-electron chi connectivity index (χ2n) is 7.50. The van der Waals surface area contributed by atoms with Gasteiger partial charge in [-0.25, -0.2) is 0 Å². The quantitative estimate of drug-likeness (QED) is 0.345. The van der Waals surface area contributed by atoms with Gasteiger partial charge in [0.15, 0.2) is 11.5 Å². The van der Waals surface area contributed by atoms with Gasteiger partial charge in [0.25, 0.3) is 0 Å². The monoisotopic (exact) mass is 440 g/mol. The maximum atomic E-state index is 12.1. The van der Waals surface area contributed by atoms with Gasteiger partial charge in [0, 0.05) is 19.2 Å². The third-order valence-corrected chi connectivity index (χ3v) is 5.26. The Kier molecular flexibility index (Phi) is 11.2. The number of amides is 1. The highest BCUT2D eigenvalue weighted by molar-refractivity contribution is 5.91. The van der Waals surface area contributed by atoms with Crippen LogP contribution in [0.2, 0.25) is 0 Å². The molecule has 1 amide bonds. The number of methoxy groups -OCH3 is 3. The molecule has 0 aliphatic rings. The largest absolute Gasteiger partial charge is 0.493 e. The number of rotatable bonds is 14. The van der Waals surface area contributed by atoms with Crippen molar-refractivity contribution in [3.8, 4) is 17.2 Å². The van der Waals surface area contributed by atoms with Gasteiger partial charge >= 0.3 is 0 Å². The zero-order valence-corrected chi connectivity index (χ0v) is 19.7.